The average molecular weight is 245 g/mol. The number of aryl methyl sites for hydroxylation is 1. The van der Waals surface area contributed by atoms with Gasteiger partial charge in [0.15, 0.2) is 11.0 Å². The van der Waals surface area contributed by atoms with Gasteiger partial charge < -0.3 is 4.57 Å². The SMILES string of the molecule is C=CCSc1nnc(-c2ccccc2C)n1C. The zero-order valence-corrected chi connectivity index (χ0v) is 10.9. The van der Waals surface area contributed by atoms with Crippen LogP contribution in [0.15, 0.2) is 42.1 Å². The average Bonchev–Trinajstić information content (AvgIpc) is 2.69. The van der Waals surface area contributed by atoms with E-state index < -0.39 is 0 Å². The molecule has 3 nitrogen and oxygen atoms in total. The molecule has 2 rings (SSSR count). The molecule has 0 aliphatic rings. The molecule has 0 bridgehead atoms. The van der Waals surface area contributed by atoms with E-state index in [9.17, 15) is 0 Å². The fourth-order valence-corrected chi connectivity index (χ4v) is 2.28. The van der Waals surface area contributed by atoms with Gasteiger partial charge in [-0.25, -0.2) is 0 Å². The highest BCUT2D eigenvalue weighted by atomic mass is 32.2. The molecule has 0 amide bonds. The summed E-state index contributed by atoms with van der Waals surface area (Å²) in [6.07, 6.45) is 1.87. The van der Waals surface area contributed by atoms with Crippen molar-refractivity contribution in [3.8, 4) is 11.4 Å². The molecule has 0 N–H and O–H groups in total. The molecule has 0 radical (unpaired) electrons. The molecule has 0 aliphatic heterocycles. The maximum absolute atomic E-state index is 4.26. The largest absolute Gasteiger partial charge is 0.305 e. The minimum atomic E-state index is 0.847. The van der Waals surface area contributed by atoms with E-state index in [2.05, 4.69) is 35.8 Å². The Hall–Kier alpha value is -1.55. The van der Waals surface area contributed by atoms with Crippen LogP contribution in [0.4, 0.5) is 0 Å². The predicted octanol–water partition coefficient (Wildman–Crippen LogP) is 3.07. The van der Waals surface area contributed by atoms with Crippen molar-refractivity contribution in [1.29, 1.82) is 0 Å². The fourth-order valence-electron chi connectivity index (χ4n) is 1.63. The summed E-state index contributed by atoms with van der Waals surface area (Å²) in [5, 5.41) is 9.38. The molecule has 0 saturated heterocycles. The second kappa shape index (κ2) is 5.19. The van der Waals surface area contributed by atoms with Crippen LogP contribution in [0.25, 0.3) is 11.4 Å². The highest BCUT2D eigenvalue weighted by molar-refractivity contribution is 7.99. The minimum Gasteiger partial charge on any atom is -0.305 e. The molecule has 88 valence electrons. The van der Waals surface area contributed by atoms with Crippen LogP contribution < -0.4 is 0 Å². The van der Waals surface area contributed by atoms with Crippen molar-refractivity contribution < 1.29 is 0 Å². The second-order valence-electron chi connectivity index (χ2n) is 3.78. The topological polar surface area (TPSA) is 30.7 Å². The highest BCUT2D eigenvalue weighted by Gasteiger charge is 2.11. The number of aromatic nitrogens is 3. The molecule has 2 aromatic rings. The summed E-state index contributed by atoms with van der Waals surface area (Å²) in [6, 6.07) is 8.21. The van der Waals surface area contributed by atoms with Gasteiger partial charge in [-0.3, -0.25) is 0 Å². The molecular formula is C13H15N3S. The standard InChI is InChI=1S/C13H15N3S/c1-4-9-17-13-15-14-12(16(13)3)11-8-6-5-7-10(11)2/h4-8H,1,9H2,2-3H3. The Morgan fingerprint density at radius 3 is 2.82 bits per heavy atom. The Bertz CT molecular complexity index is 531. The van der Waals surface area contributed by atoms with E-state index in [1.54, 1.807) is 11.8 Å². The smallest absolute Gasteiger partial charge is 0.191 e. The summed E-state index contributed by atoms with van der Waals surface area (Å²) in [5.74, 6) is 1.76. The quantitative estimate of drug-likeness (QED) is 0.612. The van der Waals surface area contributed by atoms with Crippen molar-refractivity contribution in [2.75, 3.05) is 5.75 Å². The summed E-state index contributed by atoms with van der Waals surface area (Å²) >= 11 is 1.64. The van der Waals surface area contributed by atoms with Gasteiger partial charge in [-0.15, -0.1) is 16.8 Å². The van der Waals surface area contributed by atoms with Crippen LogP contribution in [-0.2, 0) is 7.05 Å². The van der Waals surface area contributed by atoms with Crippen LogP contribution in [0, 0.1) is 6.92 Å². The van der Waals surface area contributed by atoms with Crippen molar-refractivity contribution in [3.05, 3.63) is 42.5 Å². The molecule has 0 atom stereocenters. The first-order valence-electron chi connectivity index (χ1n) is 5.43. The fraction of sp³-hybridized carbons (Fsp3) is 0.231. The number of hydrogen-bond acceptors (Lipinski definition) is 3. The molecule has 0 aliphatic carbocycles. The van der Waals surface area contributed by atoms with Crippen LogP contribution in [0.1, 0.15) is 5.56 Å². The van der Waals surface area contributed by atoms with Crippen molar-refractivity contribution in [2.45, 2.75) is 12.1 Å². The van der Waals surface area contributed by atoms with Crippen molar-refractivity contribution >= 4 is 11.8 Å². The number of rotatable bonds is 4. The molecule has 1 aromatic heterocycles. The van der Waals surface area contributed by atoms with Gasteiger partial charge in [0.05, 0.1) is 0 Å². The van der Waals surface area contributed by atoms with Gasteiger partial charge in [0.1, 0.15) is 0 Å². The Labute approximate surface area is 106 Å². The first kappa shape index (κ1) is 11.9. The van der Waals surface area contributed by atoms with Gasteiger partial charge in [0, 0.05) is 18.4 Å². The monoisotopic (exact) mass is 245 g/mol. The Morgan fingerprint density at radius 2 is 2.12 bits per heavy atom. The summed E-state index contributed by atoms with van der Waals surface area (Å²) in [5.41, 5.74) is 2.34. The molecule has 0 unspecified atom stereocenters. The Kier molecular flexibility index (Phi) is 3.64. The van der Waals surface area contributed by atoms with Gasteiger partial charge in [-0.2, -0.15) is 0 Å². The van der Waals surface area contributed by atoms with Gasteiger partial charge in [-0.1, -0.05) is 42.1 Å². The van der Waals surface area contributed by atoms with E-state index >= 15 is 0 Å². The third-order valence-electron chi connectivity index (χ3n) is 2.55. The molecule has 0 fully saturated rings. The van der Waals surface area contributed by atoms with Crippen LogP contribution in [0.5, 0.6) is 0 Å². The highest BCUT2D eigenvalue weighted by Crippen LogP contribution is 2.24. The zero-order chi connectivity index (χ0) is 12.3. The molecule has 0 spiro atoms. The zero-order valence-electron chi connectivity index (χ0n) is 10.1. The molecule has 4 heteroatoms. The predicted molar refractivity (Wildman–Crippen MR) is 72.1 cm³/mol. The van der Waals surface area contributed by atoms with Crippen molar-refractivity contribution in [3.63, 3.8) is 0 Å². The molecule has 0 saturated carbocycles. The number of nitrogens with zero attached hydrogens (tertiary/aromatic N) is 3. The summed E-state index contributed by atoms with van der Waals surface area (Å²) < 4.78 is 2.02. The molecule has 1 aromatic carbocycles. The number of hydrogen-bond donors (Lipinski definition) is 0. The second-order valence-corrected chi connectivity index (χ2v) is 4.77. The lowest BCUT2D eigenvalue weighted by Crippen LogP contribution is -1.96. The normalized spacial score (nSPS) is 10.5. The van der Waals surface area contributed by atoms with E-state index in [0.29, 0.717) is 0 Å². The maximum Gasteiger partial charge on any atom is 0.191 e. The summed E-state index contributed by atoms with van der Waals surface area (Å²) in [4.78, 5) is 0. The van der Waals surface area contributed by atoms with Crippen LogP contribution >= 0.6 is 11.8 Å². The van der Waals surface area contributed by atoms with Crippen molar-refractivity contribution in [2.24, 2.45) is 7.05 Å². The molecular weight excluding hydrogens is 230 g/mol. The summed E-state index contributed by atoms with van der Waals surface area (Å²) in [7, 11) is 1.99. The van der Waals surface area contributed by atoms with Crippen LogP contribution in [0.3, 0.4) is 0 Å². The lowest BCUT2D eigenvalue weighted by atomic mass is 10.1. The lowest BCUT2D eigenvalue weighted by Gasteiger charge is -2.05. The van der Waals surface area contributed by atoms with E-state index in [0.717, 1.165) is 22.3 Å². The van der Waals surface area contributed by atoms with Crippen LogP contribution in [0.2, 0.25) is 0 Å². The number of benzene rings is 1. The van der Waals surface area contributed by atoms with Gasteiger partial charge in [0.25, 0.3) is 0 Å². The van der Waals surface area contributed by atoms with Gasteiger partial charge in [-0.05, 0) is 12.5 Å². The molecule has 17 heavy (non-hydrogen) atoms. The van der Waals surface area contributed by atoms with Crippen molar-refractivity contribution in [1.82, 2.24) is 14.8 Å². The summed E-state index contributed by atoms with van der Waals surface area (Å²) in [6.45, 7) is 5.79. The first-order chi connectivity index (χ1) is 8.24. The van der Waals surface area contributed by atoms with E-state index in [1.807, 2.05) is 29.8 Å². The maximum atomic E-state index is 4.26. The van der Waals surface area contributed by atoms with Crippen LogP contribution in [-0.4, -0.2) is 20.5 Å². The third kappa shape index (κ3) is 2.42. The van der Waals surface area contributed by atoms with E-state index in [1.165, 1.54) is 5.56 Å². The lowest BCUT2D eigenvalue weighted by molar-refractivity contribution is 0.794. The van der Waals surface area contributed by atoms with Gasteiger partial charge in [0.2, 0.25) is 0 Å². The Morgan fingerprint density at radius 1 is 1.35 bits per heavy atom. The van der Waals surface area contributed by atoms with E-state index in [4.69, 9.17) is 0 Å². The van der Waals surface area contributed by atoms with Gasteiger partial charge >= 0.3 is 0 Å². The minimum absolute atomic E-state index is 0.847. The number of thioether (sulfide) groups is 1. The first-order valence-corrected chi connectivity index (χ1v) is 6.41. The van der Waals surface area contributed by atoms with E-state index in [-0.39, 0.29) is 0 Å². The third-order valence-corrected chi connectivity index (χ3v) is 3.57. The Balaban J connectivity index is 2.37. The molecule has 1 heterocycles.